The highest BCUT2D eigenvalue weighted by Crippen LogP contribution is 2.24. The lowest BCUT2D eigenvalue weighted by Crippen LogP contribution is -2.58. The number of piperazine rings is 1. The maximum absolute atomic E-state index is 13.1. The minimum absolute atomic E-state index is 0.00629. The summed E-state index contributed by atoms with van der Waals surface area (Å²) in [7, 11) is 1.29. The Kier molecular flexibility index (Phi) is 7.12. The predicted molar refractivity (Wildman–Crippen MR) is 115 cm³/mol. The predicted octanol–water partition coefficient (Wildman–Crippen LogP) is 2.69. The van der Waals surface area contributed by atoms with Crippen LogP contribution in [0.4, 0.5) is 10.1 Å². The normalized spacial score (nSPS) is 19.2. The second kappa shape index (κ2) is 9.78. The highest BCUT2D eigenvalue weighted by atomic mass is 19.1. The first-order valence-corrected chi connectivity index (χ1v) is 10.2. The fourth-order valence-electron chi connectivity index (χ4n) is 3.74. The van der Waals surface area contributed by atoms with Gasteiger partial charge < -0.3 is 20.1 Å². The summed E-state index contributed by atoms with van der Waals surface area (Å²) in [5, 5.41) is 0. The van der Waals surface area contributed by atoms with Gasteiger partial charge in [-0.3, -0.25) is 9.69 Å². The first kappa shape index (κ1) is 22.6. The molecular formula is C23H28FN3O4. The molecule has 2 unspecified atom stereocenters. The standard InChI is InChI=1S/C23H28FN3O4/c1-15-12-27(16(2)11-26(15)13-17-4-7-19(24)8-5-17)22(28)14-31-21-9-6-18(10-20(21)25)23(29)30-3/h4-10,15-16H,11-14,25H2,1-3H3. The van der Waals surface area contributed by atoms with Crippen LogP contribution in [-0.4, -0.2) is 60.6 Å². The third-order valence-corrected chi connectivity index (χ3v) is 5.52. The van der Waals surface area contributed by atoms with Crippen LogP contribution in [0.25, 0.3) is 0 Å². The number of nitrogens with zero attached hydrogens (tertiary/aromatic N) is 2. The summed E-state index contributed by atoms with van der Waals surface area (Å²) in [5.74, 6) is -0.523. The van der Waals surface area contributed by atoms with Crippen LogP contribution in [-0.2, 0) is 16.1 Å². The zero-order valence-corrected chi connectivity index (χ0v) is 18.0. The van der Waals surface area contributed by atoms with Gasteiger partial charge in [0.1, 0.15) is 11.6 Å². The molecule has 8 heteroatoms. The number of hydrogen-bond donors (Lipinski definition) is 1. The fraction of sp³-hybridized carbons (Fsp3) is 0.391. The van der Waals surface area contributed by atoms with Crippen molar-refractivity contribution in [3.05, 3.63) is 59.4 Å². The van der Waals surface area contributed by atoms with Gasteiger partial charge in [0.05, 0.1) is 18.4 Å². The van der Waals surface area contributed by atoms with Crippen LogP contribution in [0.15, 0.2) is 42.5 Å². The molecule has 7 nitrogen and oxygen atoms in total. The van der Waals surface area contributed by atoms with Crippen molar-refractivity contribution in [1.29, 1.82) is 0 Å². The van der Waals surface area contributed by atoms with Gasteiger partial charge in [0.25, 0.3) is 5.91 Å². The van der Waals surface area contributed by atoms with Crippen molar-refractivity contribution >= 4 is 17.6 Å². The Morgan fingerprint density at radius 2 is 1.81 bits per heavy atom. The smallest absolute Gasteiger partial charge is 0.337 e. The van der Waals surface area contributed by atoms with E-state index in [1.54, 1.807) is 24.3 Å². The van der Waals surface area contributed by atoms with Gasteiger partial charge in [0.2, 0.25) is 0 Å². The van der Waals surface area contributed by atoms with Crippen LogP contribution < -0.4 is 10.5 Å². The van der Waals surface area contributed by atoms with Crippen LogP contribution in [0.5, 0.6) is 5.75 Å². The number of nitrogen functional groups attached to an aromatic ring is 1. The Bertz CT molecular complexity index is 935. The Morgan fingerprint density at radius 3 is 2.45 bits per heavy atom. The van der Waals surface area contributed by atoms with E-state index < -0.39 is 5.97 Å². The zero-order chi connectivity index (χ0) is 22.5. The maximum atomic E-state index is 13.1. The molecule has 1 heterocycles. The molecule has 2 atom stereocenters. The van der Waals surface area contributed by atoms with Crippen molar-refractivity contribution in [2.24, 2.45) is 0 Å². The van der Waals surface area contributed by atoms with E-state index in [9.17, 15) is 14.0 Å². The fourth-order valence-corrected chi connectivity index (χ4v) is 3.74. The van der Waals surface area contributed by atoms with Crippen LogP contribution in [0.3, 0.4) is 0 Å². The number of methoxy groups -OCH3 is 1. The Hall–Kier alpha value is -3.13. The molecule has 0 aliphatic carbocycles. The molecular weight excluding hydrogens is 401 g/mol. The second-order valence-electron chi connectivity index (χ2n) is 7.83. The van der Waals surface area contributed by atoms with Gasteiger partial charge in [-0.15, -0.1) is 0 Å². The molecule has 0 saturated carbocycles. The molecule has 1 amide bonds. The van der Waals surface area contributed by atoms with E-state index in [2.05, 4.69) is 16.6 Å². The largest absolute Gasteiger partial charge is 0.482 e. The summed E-state index contributed by atoms with van der Waals surface area (Å²) < 4.78 is 23.4. The molecule has 2 aromatic carbocycles. The number of nitrogens with two attached hydrogens (primary N) is 1. The van der Waals surface area contributed by atoms with Crippen LogP contribution in [0.1, 0.15) is 29.8 Å². The lowest BCUT2D eigenvalue weighted by Gasteiger charge is -2.44. The molecule has 1 saturated heterocycles. The number of anilines is 1. The molecule has 0 spiro atoms. The van der Waals surface area contributed by atoms with Gasteiger partial charge in [0, 0.05) is 31.7 Å². The maximum Gasteiger partial charge on any atom is 0.337 e. The van der Waals surface area contributed by atoms with Crippen molar-refractivity contribution in [2.75, 3.05) is 32.5 Å². The number of ether oxygens (including phenoxy) is 2. The monoisotopic (exact) mass is 429 g/mol. The van der Waals surface area contributed by atoms with Crippen LogP contribution >= 0.6 is 0 Å². The Morgan fingerprint density at radius 1 is 1.10 bits per heavy atom. The minimum atomic E-state index is -0.490. The molecule has 1 fully saturated rings. The van der Waals surface area contributed by atoms with Crippen LogP contribution in [0.2, 0.25) is 0 Å². The summed E-state index contributed by atoms with van der Waals surface area (Å²) in [6, 6.07) is 11.2. The van der Waals surface area contributed by atoms with E-state index in [0.29, 0.717) is 30.9 Å². The van der Waals surface area contributed by atoms with Crippen molar-refractivity contribution in [2.45, 2.75) is 32.5 Å². The Labute approximate surface area is 181 Å². The lowest BCUT2D eigenvalue weighted by atomic mass is 10.1. The molecule has 0 radical (unpaired) electrons. The second-order valence-corrected chi connectivity index (χ2v) is 7.83. The summed E-state index contributed by atoms with van der Waals surface area (Å²) >= 11 is 0. The van der Waals surface area contributed by atoms with E-state index in [0.717, 1.165) is 5.56 Å². The molecule has 1 aliphatic rings. The molecule has 166 valence electrons. The van der Waals surface area contributed by atoms with Gasteiger partial charge >= 0.3 is 5.97 Å². The number of hydrogen-bond acceptors (Lipinski definition) is 6. The molecule has 1 aliphatic heterocycles. The number of halogens is 1. The van der Waals surface area contributed by atoms with Crippen molar-refractivity contribution in [3.8, 4) is 5.75 Å². The van der Waals surface area contributed by atoms with Gasteiger partial charge in [-0.2, -0.15) is 0 Å². The number of benzene rings is 2. The van der Waals surface area contributed by atoms with E-state index in [1.807, 2.05) is 11.8 Å². The number of carbonyl (C=O) groups is 2. The summed E-state index contributed by atoms with van der Waals surface area (Å²) in [6.45, 7) is 5.91. The molecule has 0 aromatic heterocycles. The summed E-state index contributed by atoms with van der Waals surface area (Å²) in [4.78, 5) is 28.5. The molecule has 2 N–H and O–H groups in total. The minimum Gasteiger partial charge on any atom is -0.482 e. The average molecular weight is 429 g/mol. The summed E-state index contributed by atoms with van der Waals surface area (Å²) in [6.07, 6.45) is 0. The first-order valence-electron chi connectivity index (χ1n) is 10.2. The van der Waals surface area contributed by atoms with Crippen molar-refractivity contribution in [3.63, 3.8) is 0 Å². The number of carbonyl (C=O) groups excluding carboxylic acids is 2. The highest BCUT2D eigenvalue weighted by molar-refractivity contribution is 5.91. The van der Waals surface area contributed by atoms with Crippen molar-refractivity contribution < 1.29 is 23.5 Å². The highest BCUT2D eigenvalue weighted by Gasteiger charge is 2.32. The van der Waals surface area contributed by atoms with Gasteiger partial charge in [-0.1, -0.05) is 12.1 Å². The topological polar surface area (TPSA) is 85.1 Å². The average Bonchev–Trinajstić information content (AvgIpc) is 2.75. The number of amides is 1. The zero-order valence-electron chi connectivity index (χ0n) is 18.0. The molecule has 0 bridgehead atoms. The first-order chi connectivity index (χ1) is 14.8. The lowest BCUT2D eigenvalue weighted by molar-refractivity contribution is -0.139. The number of esters is 1. The molecule has 3 rings (SSSR count). The van der Waals surface area contributed by atoms with E-state index >= 15 is 0 Å². The molecule has 2 aromatic rings. The van der Waals surface area contributed by atoms with Gasteiger partial charge in [-0.25, -0.2) is 9.18 Å². The quantitative estimate of drug-likeness (QED) is 0.561. The SMILES string of the molecule is COC(=O)c1ccc(OCC(=O)N2CC(C)N(Cc3ccc(F)cc3)CC2C)c(N)c1. The third-order valence-electron chi connectivity index (χ3n) is 5.52. The van der Waals surface area contributed by atoms with Gasteiger partial charge in [-0.05, 0) is 49.7 Å². The third kappa shape index (κ3) is 5.52. The van der Waals surface area contributed by atoms with Crippen molar-refractivity contribution in [1.82, 2.24) is 9.80 Å². The van der Waals surface area contributed by atoms with E-state index in [-0.39, 0.29) is 36.1 Å². The van der Waals surface area contributed by atoms with E-state index in [1.165, 1.54) is 25.3 Å². The Balaban J connectivity index is 1.56. The van der Waals surface area contributed by atoms with Gasteiger partial charge in [0.15, 0.2) is 6.61 Å². The van der Waals surface area contributed by atoms with Crippen LogP contribution in [0, 0.1) is 5.82 Å². The van der Waals surface area contributed by atoms with E-state index in [4.69, 9.17) is 10.5 Å². The summed E-state index contributed by atoms with van der Waals surface area (Å²) in [5.41, 5.74) is 7.56. The molecule has 31 heavy (non-hydrogen) atoms. The number of rotatable bonds is 6.